The number of esters is 1. The lowest BCUT2D eigenvalue weighted by atomic mass is 10.0. The van der Waals surface area contributed by atoms with Crippen molar-refractivity contribution in [2.75, 3.05) is 6.61 Å². The second-order valence-corrected chi connectivity index (χ2v) is 12.1. The van der Waals surface area contributed by atoms with Crippen LogP contribution in [0.2, 0.25) is 0 Å². The summed E-state index contributed by atoms with van der Waals surface area (Å²) in [5.41, 5.74) is 0. The second kappa shape index (κ2) is 32.2. The molecular formula is C36H68O4. The van der Waals surface area contributed by atoms with Gasteiger partial charge in [-0.05, 0) is 25.7 Å². The van der Waals surface area contributed by atoms with Gasteiger partial charge in [-0.1, -0.05) is 174 Å². The molecule has 0 spiro atoms. The lowest BCUT2D eigenvalue weighted by molar-refractivity contribution is -0.151. The molecule has 4 heteroatoms. The smallest absolute Gasteiger partial charge is 0.307 e. The van der Waals surface area contributed by atoms with Crippen LogP contribution in [0.5, 0.6) is 0 Å². The average Bonchev–Trinajstić information content (AvgIpc) is 2.94. The highest BCUT2D eigenvalue weighted by molar-refractivity contribution is 5.78. The van der Waals surface area contributed by atoms with E-state index in [0.717, 1.165) is 25.7 Å². The van der Waals surface area contributed by atoms with Gasteiger partial charge in [-0.25, -0.2) is 0 Å². The molecule has 0 aromatic heterocycles. The minimum absolute atomic E-state index is 0.0311. The number of ether oxygens (including phenoxy) is 1. The van der Waals surface area contributed by atoms with Gasteiger partial charge in [0.2, 0.25) is 0 Å². The summed E-state index contributed by atoms with van der Waals surface area (Å²) in [6.07, 6.45) is 38.2. The Hall–Kier alpha value is -1.32. The predicted octanol–water partition coefficient (Wildman–Crippen LogP) is 11.7. The third-order valence-corrected chi connectivity index (χ3v) is 8.08. The van der Waals surface area contributed by atoms with Crippen LogP contribution >= 0.6 is 0 Å². The summed E-state index contributed by atoms with van der Waals surface area (Å²) < 4.78 is 5.32. The molecule has 40 heavy (non-hydrogen) atoms. The highest BCUT2D eigenvalue weighted by atomic mass is 16.5. The summed E-state index contributed by atoms with van der Waals surface area (Å²) in [5.74, 6) is -1.97. The fourth-order valence-corrected chi connectivity index (χ4v) is 5.32. The van der Waals surface area contributed by atoms with Gasteiger partial charge < -0.3 is 9.84 Å². The van der Waals surface area contributed by atoms with E-state index in [4.69, 9.17) is 4.74 Å². The molecule has 0 aromatic carbocycles. The first-order valence-corrected chi connectivity index (χ1v) is 17.6. The number of aliphatic carboxylic acids is 1. The minimum Gasteiger partial charge on any atom is -0.481 e. The first-order chi connectivity index (χ1) is 19.6. The van der Waals surface area contributed by atoms with Gasteiger partial charge in [0, 0.05) is 0 Å². The normalized spacial score (nSPS) is 12.2. The molecule has 0 aliphatic carbocycles. The Labute approximate surface area is 249 Å². The monoisotopic (exact) mass is 565 g/mol. The van der Waals surface area contributed by atoms with Crippen molar-refractivity contribution in [3.8, 4) is 0 Å². The molecule has 0 rings (SSSR count). The van der Waals surface area contributed by atoms with E-state index in [2.05, 4.69) is 19.9 Å². The van der Waals surface area contributed by atoms with Gasteiger partial charge in [-0.15, -0.1) is 0 Å². The molecule has 0 aliphatic rings. The zero-order chi connectivity index (χ0) is 29.4. The van der Waals surface area contributed by atoms with Crippen LogP contribution in [0.25, 0.3) is 0 Å². The molecule has 4 nitrogen and oxygen atoms in total. The van der Waals surface area contributed by atoms with Gasteiger partial charge in [0.05, 0.1) is 18.9 Å². The molecule has 0 radical (unpaired) electrons. The quantitative estimate of drug-likeness (QED) is 0.0501. The summed E-state index contributed by atoms with van der Waals surface area (Å²) in [7, 11) is 0. The SMILES string of the molecule is CCCCCCCCCCCCCCC/C=C/CC(CC(=O)OCCCCCCCCCCCCCC)C(=O)O. The molecule has 0 saturated heterocycles. The van der Waals surface area contributed by atoms with Gasteiger partial charge in [0.25, 0.3) is 0 Å². The van der Waals surface area contributed by atoms with Crippen molar-refractivity contribution >= 4 is 11.9 Å². The number of carbonyl (C=O) groups is 2. The van der Waals surface area contributed by atoms with Crippen LogP contribution in [0, 0.1) is 5.92 Å². The Balaban J connectivity index is 3.60. The Kier molecular flexibility index (Phi) is 31.1. The van der Waals surface area contributed by atoms with E-state index in [9.17, 15) is 14.7 Å². The highest BCUT2D eigenvalue weighted by Crippen LogP contribution is 2.15. The summed E-state index contributed by atoms with van der Waals surface area (Å²) >= 11 is 0. The third kappa shape index (κ3) is 29.7. The number of unbranched alkanes of at least 4 members (excludes halogenated alkanes) is 24. The molecule has 0 bridgehead atoms. The molecule has 1 unspecified atom stereocenters. The fraction of sp³-hybridized carbons (Fsp3) is 0.889. The summed E-state index contributed by atoms with van der Waals surface area (Å²) in [4.78, 5) is 23.7. The van der Waals surface area contributed by atoms with E-state index in [0.29, 0.717) is 13.0 Å². The molecule has 1 atom stereocenters. The number of hydrogen-bond donors (Lipinski definition) is 1. The third-order valence-electron chi connectivity index (χ3n) is 8.08. The Bertz CT molecular complexity index is 571. The van der Waals surface area contributed by atoms with Crippen molar-refractivity contribution in [2.45, 2.75) is 194 Å². The fourth-order valence-electron chi connectivity index (χ4n) is 5.32. The number of carboxylic acid groups (broad SMARTS) is 1. The van der Waals surface area contributed by atoms with Crippen LogP contribution in [0.15, 0.2) is 12.2 Å². The van der Waals surface area contributed by atoms with Crippen molar-refractivity contribution in [2.24, 2.45) is 5.92 Å². The summed E-state index contributed by atoms with van der Waals surface area (Å²) in [6.45, 7) is 4.94. The lowest BCUT2D eigenvalue weighted by Crippen LogP contribution is -2.19. The number of rotatable bonds is 32. The number of hydrogen-bond acceptors (Lipinski definition) is 3. The Morgan fingerprint density at radius 2 is 0.925 bits per heavy atom. The molecule has 0 amide bonds. The Morgan fingerprint density at radius 3 is 1.32 bits per heavy atom. The number of carboxylic acids is 1. The van der Waals surface area contributed by atoms with Crippen LogP contribution in [-0.4, -0.2) is 23.7 Å². The van der Waals surface area contributed by atoms with Gasteiger partial charge in [-0.3, -0.25) is 9.59 Å². The topological polar surface area (TPSA) is 63.6 Å². The predicted molar refractivity (Wildman–Crippen MR) is 172 cm³/mol. The van der Waals surface area contributed by atoms with Crippen molar-refractivity contribution in [3.63, 3.8) is 0 Å². The molecule has 1 N–H and O–H groups in total. The van der Waals surface area contributed by atoms with Gasteiger partial charge in [-0.2, -0.15) is 0 Å². The van der Waals surface area contributed by atoms with Crippen molar-refractivity contribution in [1.29, 1.82) is 0 Å². The van der Waals surface area contributed by atoms with Crippen LogP contribution in [0.1, 0.15) is 194 Å². The largest absolute Gasteiger partial charge is 0.481 e. The van der Waals surface area contributed by atoms with E-state index >= 15 is 0 Å². The molecule has 0 heterocycles. The molecule has 0 aromatic rings. The summed E-state index contributed by atoms with van der Waals surface area (Å²) in [5, 5.41) is 9.49. The molecule has 236 valence electrons. The van der Waals surface area contributed by atoms with Crippen LogP contribution < -0.4 is 0 Å². The van der Waals surface area contributed by atoms with Gasteiger partial charge in [0.15, 0.2) is 0 Å². The first kappa shape index (κ1) is 38.7. The maximum absolute atomic E-state index is 12.1. The number of carbonyl (C=O) groups excluding carboxylic acids is 1. The Morgan fingerprint density at radius 1 is 0.550 bits per heavy atom. The maximum atomic E-state index is 12.1. The highest BCUT2D eigenvalue weighted by Gasteiger charge is 2.20. The molecular weight excluding hydrogens is 496 g/mol. The summed E-state index contributed by atoms with van der Waals surface area (Å²) in [6, 6.07) is 0. The second-order valence-electron chi connectivity index (χ2n) is 12.1. The maximum Gasteiger partial charge on any atom is 0.307 e. The zero-order valence-electron chi connectivity index (χ0n) is 26.9. The van der Waals surface area contributed by atoms with Crippen LogP contribution in [0.4, 0.5) is 0 Å². The number of allylic oxidation sites excluding steroid dienone is 2. The van der Waals surface area contributed by atoms with Crippen LogP contribution in [0.3, 0.4) is 0 Å². The van der Waals surface area contributed by atoms with E-state index in [1.165, 1.54) is 141 Å². The van der Waals surface area contributed by atoms with Crippen LogP contribution in [-0.2, 0) is 14.3 Å². The van der Waals surface area contributed by atoms with Gasteiger partial charge in [0.1, 0.15) is 0 Å². The van der Waals surface area contributed by atoms with Crippen molar-refractivity contribution < 1.29 is 19.4 Å². The van der Waals surface area contributed by atoms with Gasteiger partial charge >= 0.3 is 11.9 Å². The zero-order valence-corrected chi connectivity index (χ0v) is 26.9. The van der Waals surface area contributed by atoms with Crippen molar-refractivity contribution in [1.82, 2.24) is 0 Å². The minimum atomic E-state index is -0.909. The molecule has 0 saturated carbocycles. The van der Waals surface area contributed by atoms with E-state index < -0.39 is 11.9 Å². The van der Waals surface area contributed by atoms with E-state index in [1.54, 1.807) is 0 Å². The lowest BCUT2D eigenvalue weighted by Gasteiger charge is -2.10. The van der Waals surface area contributed by atoms with Crippen molar-refractivity contribution in [3.05, 3.63) is 12.2 Å². The molecule has 0 fully saturated rings. The molecule has 0 aliphatic heterocycles. The first-order valence-electron chi connectivity index (χ1n) is 17.6. The average molecular weight is 565 g/mol. The van der Waals surface area contributed by atoms with E-state index in [-0.39, 0.29) is 12.4 Å². The van der Waals surface area contributed by atoms with E-state index in [1.807, 2.05) is 6.08 Å². The standard InChI is InChI=1S/C36H68O4/c1-3-5-7-9-11-13-15-17-18-19-20-21-23-25-27-29-31-34(36(38)39)33-35(37)40-32-30-28-26-24-22-16-14-12-10-8-6-4-2/h27,29,34H,3-26,28,30-33H2,1-2H3,(H,38,39)/b29-27+.